The predicted octanol–water partition coefficient (Wildman–Crippen LogP) is 3.12. The number of piperidine rings is 1. The third kappa shape index (κ3) is 3.93. The fraction of sp³-hybridized carbons (Fsp3) is 0.750. The molecule has 0 saturated carbocycles. The molecule has 2 heterocycles. The van der Waals surface area contributed by atoms with E-state index in [4.69, 9.17) is 0 Å². The van der Waals surface area contributed by atoms with E-state index < -0.39 is 0 Å². The second-order valence-electron chi connectivity index (χ2n) is 4.59. The summed E-state index contributed by atoms with van der Waals surface area (Å²) in [4.78, 5) is 6.99. The number of hydrogen-bond donors (Lipinski definition) is 1. The second kappa shape index (κ2) is 6.71. The first-order chi connectivity index (χ1) is 8.29. The lowest BCUT2D eigenvalue weighted by Gasteiger charge is -2.29. The molecule has 1 aromatic rings. The minimum Gasteiger partial charge on any atom is -0.348 e. The van der Waals surface area contributed by atoms with Gasteiger partial charge < -0.3 is 10.2 Å². The Kier molecular flexibility index (Phi) is 5.25. The summed E-state index contributed by atoms with van der Waals surface area (Å²) in [5.41, 5.74) is 0. The fourth-order valence-corrected chi connectivity index (χ4v) is 3.59. The molecule has 96 valence electrons. The molecular formula is C12H20BrN3S. The van der Waals surface area contributed by atoms with Crippen molar-refractivity contribution < 1.29 is 0 Å². The van der Waals surface area contributed by atoms with Gasteiger partial charge in [0.05, 0.1) is 0 Å². The van der Waals surface area contributed by atoms with E-state index in [9.17, 15) is 0 Å². The average molecular weight is 318 g/mol. The molecule has 0 aromatic carbocycles. The molecule has 5 heteroatoms. The number of anilines is 1. The van der Waals surface area contributed by atoms with E-state index in [-0.39, 0.29) is 0 Å². The van der Waals surface area contributed by atoms with Crippen molar-refractivity contribution >= 4 is 32.4 Å². The van der Waals surface area contributed by atoms with E-state index in [0.717, 1.165) is 28.7 Å². The van der Waals surface area contributed by atoms with Crippen LogP contribution in [-0.4, -0.2) is 31.2 Å². The molecule has 0 unspecified atom stereocenters. The Balaban J connectivity index is 1.96. The largest absolute Gasteiger partial charge is 0.348 e. The summed E-state index contributed by atoms with van der Waals surface area (Å²) in [5, 5.41) is 6.66. The zero-order chi connectivity index (χ0) is 12.1. The molecule has 0 atom stereocenters. The van der Waals surface area contributed by atoms with Crippen LogP contribution in [0.2, 0.25) is 0 Å². The summed E-state index contributed by atoms with van der Waals surface area (Å²) >= 11 is 5.18. The highest BCUT2D eigenvalue weighted by Crippen LogP contribution is 2.26. The third-order valence-corrected chi connectivity index (χ3v) is 4.78. The van der Waals surface area contributed by atoms with Crippen LogP contribution in [0, 0.1) is 5.92 Å². The predicted molar refractivity (Wildman–Crippen MR) is 77.9 cm³/mol. The minimum absolute atomic E-state index is 0.825. The molecule has 17 heavy (non-hydrogen) atoms. The monoisotopic (exact) mass is 317 g/mol. The van der Waals surface area contributed by atoms with Crippen LogP contribution in [0.25, 0.3) is 0 Å². The highest BCUT2D eigenvalue weighted by atomic mass is 79.9. The average Bonchev–Trinajstić information content (AvgIpc) is 2.77. The van der Waals surface area contributed by atoms with Crippen LogP contribution in [0.5, 0.6) is 0 Å². The van der Waals surface area contributed by atoms with Gasteiger partial charge in [-0.3, -0.25) is 0 Å². The highest BCUT2D eigenvalue weighted by Gasteiger charge is 2.18. The van der Waals surface area contributed by atoms with E-state index in [0.29, 0.717) is 0 Å². The van der Waals surface area contributed by atoms with Gasteiger partial charge in [0, 0.05) is 18.5 Å². The van der Waals surface area contributed by atoms with Crippen LogP contribution >= 0.6 is 27.3 Å². The molecule has 0 spiro atoms. The summed E-state index contributed by atoms with van der Waals surface area (Å²) in [6, 6.07) is 0. The van der Waals surface area contributed by atoms with Crippen LogP contribution in [0.3, 0.4) is 0 Å². The summed E-state index contributed by atoms with van der Waals surface area (Å²) < 4.78 is 0.962. The standard InChI is InChI=1S/C12H20BrN3S/c1-2-7-16(12-15-11(13)9-17-12)8-10-3-5-14-6-4-10/h9-10,14H,2-8H2,1H3. The van der Waals surface area contributed by atoms with Crippen molar-refractivity contribution in [3.63, 3.8) is 0 Å². The molecule has 1 aliphatic heterocycles. The molecule has 1 aliphatic rings. The van der Waals surface area contributed by atoms with Crippen molar-refractivity contribution in [3.05, 3.63) is 9.98 Å². The number of nitrogens with zero attached hydrogens (tertiary/aromatic N) is 2. The van der Waals surface area contributed by atoms with E-state index in [1.807, 2.05) is 0 Å². The molecule has 3 nitrogen and oxygen atoms in total. The smallest absolute Gasteiger partial charge is 0.186 e. The number of hydrogen-bond acceptors (Lipinski definition) is 4. The fourth-order valence-electron chi connectivity index (χ4n) is 2.30. The lowest BCUT2D eigenvalue weighted by molar-refractivity contribution is 0.373. The Labute approximate surface area is 116 Å². The van der Waals surface area contributed by atoms with Gasteiger partial charge in [0.1, 0.15) is 4.60 Å². The van der Waals surface area contributed by atoms with Crippen LogP contribution in [-0.2, 0) is 0 Å². The molecule has 1 aromatic heterocycles. The summed E-state index contributed by atoms with van der Waals surface area (Å²) in [5.74, 6) is 0.825. The van der Waals surface area contributed by atoms with Gasteiger partial charge in [0.15, 0.2) is 5.13 Å². The summed E-state index contributed by atoms with van der Waals surface area (Å²) in [6.07, 6.45) is 3.78. The number of halogens is 1. The highest BCUT2D eigenvalue weighted by molar-refractivity contribution is 9.10. The molecule has 1 N–H and O–H groups in total. The normalized spacial score (nSPS) is 17.3. The van der Waals surface area contributed by atoms with Crippen molar-refractivity contribution in [2.24, 2.45) is 5.92 Å². The van der Waals surface area contributed by atoms with Gasteiger partial charge >= 0.3 is 0 Å². The Morgan fingerprint density at radius 2 is 2.29 bits per heavy atom. The molecule has 0 bridgehead atoms. The Bertz CT molecular complexity index is 336. The number of aromatic nitrogens is 1. The van der Waals surface area contributed by atoms with Crippen molar-refractivity contribution in [1.29, 1.82) is 0 Å². The molecule has 0 aliphatic carbocycles. The second-order valence-corrected chi connectivity index (χ2v) is 6.24. The van der Waals surface area contributed by atoms with Gasteiger partial charge in [-0.1, -0.05) is 6.92 Å². The molecule has 0 radical (unpaired) electrons. The number of thiazole rings is 1. The van der Waals surface area contributed by atoms with E-state index in [1.54, 1.807) is 11.3 Å². The van der Waals surface area contributed by atoms with Gasteiger partial charge in [0.25, 0.3) is 0 Å². The topological polar surface area (TPSA) is 28.2 Å². The van der Waals surface area contributed by atoms with Crippen molar-refractivity contribution in [1.82, 2.24) is 10.3 Å². The Hall–Kier alpha value is -0.130. The van der Waals surface area contributed by atoms with Crippen LogP contribution in [0.1, 0.15) is 26.2 Å². The SMILES string of the molecule is CCCN(CC1CCNCC1)c1nc(Br)cs1. The van der Waals surface area contributed by atoms with E-state index in [2.05, 4.69) is 43.4 Å². The van der Waals surface area contributed by atoms with Gasteiger partial charge in [-0.05, 0) is 54.2 Å². The van der Waals surface area contributed by atoms with Gasteiger partial charge in [-0.2, -0.15) is 0 Å². The van der Waals surface area contributed by atoms with Crippen molar-refractivity contribution in [2.75, 3.05) is 31.1 Å². The maximum Gasteiger partial charge on any atom is 0.186 e. The van der Waals surface area contributed by atoms with Gasteiger partial charge in [-0.25, -0.2) is 4.98 Å². The van der Waals surface area contributed by atoms with E-state index >= 15 is 0 Å². The molecule has 0 amide bonds. The first-order valence-electron chi connectivity index (χ1n) is 6.36. The zero-order valence-electron chi connectivity index (χ0n) is 10.3. The maximum atomic E-state index is 4.54. The van der Waals surface area contributed by atoms with E-state index in [1.165, 1.54) is 32.4 Å². The molecule has 1 saturated heterocycles. The van der Waals surface area contributed by atoms with Gasteiger partial charge in [0.2, 0.25) is 0 Å². The third-order valence-electron chi connectivity index (χ3n) is 3.17. The lowest BCUT2D eigenvalue weighted by Crippen LogP contribution is -2.36. The van der Waals surface area contributed by atoms with Crippen molar-refractivity contribution in [2.45, 2.75) is 26.2 Å². The first kappa shape index (κ1) is 13.3. The summed E-state index contributed by atoms with van der Waals surface area (Å²) in [7, 11) is 0. The summed E-state index contributed by atoms with van der Waals surface area (Å²) in [6.45, 7) is 6.86. The number of rotatable bonds is 5. The van der Waals surface area contributed by atoms with Crippen LogP contribution < -0.4 is 10.2 Å². The quantitative estimate of drug-likeness (QED) is 0.904. The number of nitrogens with one attached hydrogen (secondary N) is 1. The van der Waals surface area contributed by atoms with Crippen LogP contribution in [0.4, 0.5) is 5.13 Å². The Morgan fingerprint density at radius 3 is 2.88 bits per heavy atom. The first-order valence-corrected chi connectivity index (χ1v) is 8.03. The molecule has 2 rings (SSSR count). The lowest BCUT2D eigenvalue weighted by atomic mass is 9.97. The maximum absolute atomic E-state index is 4.54. The molecule has 1 fully saturated rings. The zero-order valence-corrected chi connectivity index (χ0v) is 12.7. The van der Waals surface area contributed by atoms with Crippen molar-refractivity contribution in [3.8, 4) is 0 Å². The van der Waals surface area contributed by atoms with Crippen LogP contribution in [0.15, 0.2) is 9.98 Å². The molecular weight excluding hydrogens is 298 g/mol. The van der Waals surface area contributed by atoms with Gasteiger partial charge in [-0.15, -0.1) is 11.3 Å². The minimum atomic E-state index is 0.825. The Morgan fingerprint density at radius 1 is 1.53 bits per heavy atom.